The van der Waals surface area contributed by atoms with Crippen LogP contribution in [0.4, 0.5) is 0 Å². The first kappa shape index (κ1) is 9.35. The summed E-state index contributed by atoms with van der Waals surface area (Å²) in [6, 6.07) is 3.82. The third-order valence-corrected chi connectivity index (χ3v) is 2.29. The highest BCUT2D eigenvalue weighted by Crippen LogP contribution is 2.16. The number of ether oxygens (including phenoxy) is 1. The Balaban J connectivity index is 2.53. The van der Waals surface area contributed by atoms with Gasteiger partial charge in [-0.2, -0.15) is 0 Å². The maximum Gasteiger partial charge on any atom is 0.137 e. The van der Waals surface area contributed by atoms with Crippen LogP contribution in [0.25, 0.3) is 0 Å². The number of hydrogen-bond acceptors (Lipinski definition) is 4. The average Bonchev–Trinajstić information content (AvgIpc) is 2.15. The summed E-state index contributed by atoms with van der Waals surface area (Å²) in [6.07, 6.45) is 1.71. The average molecular weight is 184 g/mol. The predicted octanol–water partition coefficient (Wildman–Crippen LogP) is 1.14. The number of nitrogens with two attached hydrogens (primary N) is 1. The molecule has 0 saturated heterocycles. The highest BCUT2D eigenvalue weighted by molar-refractivity contribution is 7.99. The zero-order valence-electron chi connectivity index (χ0n) is 6.99. The van der Waals surface area contributed by atoms with Crippen LogP contribution in [0.5, 0.6) is 5.75 Å². The minimum Gasteiger partial charge on any atom is -0.495 e. The molecule has 0 saturated carbocycles. The second-order valence-corrected chi connectivity index (χ2v) is 3.29. The van der Waals surface area contributed by atoms with Crippen LogP contribution in [0.15, 0.2) is 23.4 Å². The first-order chi connectivity index (χ1) is 5.86. The summed E-state index contributed by atoms with van der Waals surface area (Å²) in [7, 11) is 1.63. The van der Waals surface area contributed by atoms with Gasteiger partial charge in [-0.1, -0.05) is 0 Å². The molecular formula is C8H12N2OS. The van der Waals surface area contributed by atoms with Crippen LogP contribution >= 0.6 is 11.8 Å². The topological polar surface area (TPSA) is 48.1 Å². The van der Waals surface area contributed by atoms with Crippen LogP contribution in [-0.2, 0) is 0 Å². The fourth-order valence-electron chi connectivity index (χ4n) is 0.736. The molecule has 2 N–H and O–H groups in total. The highest BCUT2D eigenvalue weighted by atomic mass is 32.2. The van der Waals surface area contributed by atoms with E-state index in [1.54, 1.807) is 25.1 Å². The molecule has 0 aliphatic carbocycles. The van der Waals surface area contributed by atoms with E-state index in [1.165, 1.54) is 0 Å². The largest absolute Gasteiger partial charge is 0.495 e. The normalized spacial score (nSPS) is 9.83. The summed E-state index contributed by atoms with van der Waals surface area (Å²) >= 11 is 1.65. The molecule has 1 aromatic heterocycles. The molecule has 0 amide bonds. The Kier molecular flexibility index (Phi) is 3.90. The second kappa shape index (κ2) is 5.00. The highest BCUT2D eigenvalue weighted by Gasteiger charge is 1.94. The van der Waals surface area contributed by atoms with Crippen molar-refractivity contribution in [2.75, 3.05) is 19.4 Å². The van der Waals surface area contributed by atoms with Gasteiger partial charge in [-0.15, -0.1) is 11.8 Å². The van der Waals surface area contributed by atoms with Crippen LogP contribution in [0.1, 0.15) is 0 Å². The maximum absolute atomic E-state index is 5.36. The summed E-state index contributed by atoms with van der Waals surface area (Å²) in [5.41, 5.74) is 5.36. The second-order valence-electron chi connectivity index (χ2n) is 2.17. The lowest BCUT2D eigenvalue weighted by molar-refractivity contribution is 0.412. The molecule has 1 heterocycles. The van der Waals surface area contributed by atoms with E-state index in [-0.39, 0.29) is 0 Å². The SMILES string of the molecule is COc1ccc(SCCN)nc1. The minimum atomic E-state index is 0.679. The van der Waals surface area contributed by atoms with Gasteiger partial charge in [0.1, 0.15) is 5.75 Å². The van der Waals surface area contributed by atoms with Gasteiger partial charge in [-0.25, -0.2) is 4.98 Å². The van der Waals surface area contributed by atoms with E-state index >= 15 is 0 Å². The number of thioether (sulfide) groups is 1. The van der Waals surface area contributed by atoms with Gasteiger partial charge in [0, 0.05) is 12.3 Å². The van der Waals surface area contributed by atoms with E-state index in [2.05, 4.69) is 4.98 Å². The molecule has 1 rings (SSSR count). The smallest absolute Gasteiger partial charge is 0.137 e. The van der Waals surface area contributed by atoms with Gasteiger partial charge >= 0.3 is 0 Å². The van der Waals surface area contributed by atoms with Gasteiger partial charge in [-0.05, 0) is 12.1 Å². The predicted molar refractivity (Wildman–Crippen MR) is 50.6 cm³/mol. The molecule has 3 nitrogen and oxygen atoms in total. The van der Waals surface area contributed by atoms with Crippen molar-refractivity contribution in [3.05, 3.63) is 18.3 Å². The summed E-state index contributed by atoms with van der Waals surface area (Å²) in [6.45, 7) is 0.679. The van der Waals surface area contributed by atoms with Crippen LogP contribution in [0, 0.1) is 0 Å². The molecule has 0 bridgehead atoms. The van der Waals surface area contributed by atoms with E-state index in [1.807, 2.05) is 12.1 Å². The summed E-state index contributed by atoms with van der Waals surface area (Å²) in [5, 5.41) is 0.987. The van der Waals surface area contributed by atoms with Crippen molar-refractivity contribution >= 4 is 11.8 Å². The Morgan fingerprint density at radius 2 is 2.42 bits per heavy atom. The summed E-state index contributed by atoms with van der Waals surface area (Å²) in [4.78, 5) is 4.17. The zero-order chi connectivity index (χ0) is 8.81. The van der Waals surface area contributed by atoms with Crippen molar-refractivity contribution in [2.45, 2.75) is 5.03 Å². The molecule has 0 aromatic carbocycles. The van der Waals surface area contributed by atoms with E-state index in [0.29, 0.717) is 6.54 Å². The maximum atomic E-state index is 5.36. The quantitative estimate of drug-likeness (QED) is 0.713. The van der Waals surface area contributed by atoms with Gasteiger partial charge in [0.15, 0.2) is 0 Å². The van der Waals surface area contributed by atoms with E-state index in [4.69, 9.17) is 10.5 Å². The van der Waals surface area contributed by atoms with Gasteiger partial charge in [0.25, 0.3) is 0 Å². The molecule has 0 spiro atoms. The number of nitrogens with zero attached hydrogens (tertiary/aromatic N) is 1. The number of rotatable bonds is 4. The van der Waals surface area contributed by atoms with Gasteiger partial charge in [0.05, 0.1) is 18.3 Å². The fraction of sp³-hybridized carbons (Fsp3) is 0.375. The molecule has 0 unspecified atom stereocenters. The summed E-state index contributed by atoms with van der Waals surface area (Å²) in [5.74, 6) is 1.69. The molecule has 4 heteroatoms. The number of hydrogen-bond donors (Lipinski definition) is 1. The third-order valence-electron chi connectivity index (χ3n) is 1.31. The first-order valence-corrected chi connectivity index (χ1v) is 4.68. The minimum absolute atomic E-state index is 0.679. The van der Waals surface area contributed by atoms with Gasteiger partial charge in [0.2, 0.25) is 0 Å². The number of pyridine rings is 1. The Labute approximate surface area is 76.3 Å². The molecule has 0 aliphatic heterocycles. The first-order valence-electron chi connectivity index (χ1n) is 3.69. The summed E-state index contributed by atoms with van der Waals surface area (Å²) < 4.78 is 4.98. The Morgan fingerprint density at radius 1 is 1.58 bits per heavy atom. The molecule has 0 aliphatic rings. The van der Waals surface area contributed by atoms with Crippen molar-refractivity contribution in [3.8, 4) is 5.75 Å². The van der Waals surface area contributed by atoms with Crippen molar-refractivity contribution in [3.63, 3.8) is 0 Å². The third kappa shape index (κ3) is 2.71. The van der Waals surface area contributed by atoms with Crippen molar-refractivity contribution in [2.24, 2.45) is 5.73 Å². The molecule has 1 aromatic rings. The van der Waals surface area contributed by atoms with Crippen LogP contribution in [-0.4, -0.2) is 24.4 Å². The monoisotopic (exact) mass is 184 g/mol. The Morgan fingerprint density at radius 3 is 2.92 bits per heavy atom. The van der Waals surface area contributed by atoms with Crippen LogP contribution in [0.2, 0.25) is 0 Å². The van der Waals surface area contributed by atoms with Crippen molar-refractivity contribution < 1.29 is 4.74 Å². The zero-order valence-corrected chi connectivity index (χ0v) is 7.80. The molecule has 66 valence electrons. The van der Waals surface area contributed by atoms with Gasteiger partial charge < -0.3 is 10.5 Å². The Bertz CT molecular complexity index is 225. The Hall–Kier alpha value is -0.740. The van der Waals surface area contributed by atoms with Gasteiger partial charge in [-0.3, -0.25) is 0 Å². The van der Waals surface area contributed by atoms with E-state index < -0.39 is 0 Å². The lowest BCUT2D eigenvalue weighted by atomic mass is 10.5. The fourth-order valence-corrected chi connectivity index (χ4v) is 1.35. The van der Waals surface area contributed by atoms with E-state index in [9.17, 15) is 0 Å². The molecule has 12 heavy (non-hydrogen) atoms. The number of methoxy groups -OCH3 is 1. The molecular weight excluding hydrogens is 172 g/mol. The van der Waals surface area contributed by atoms with E-state index in [0.717, 1.165) is 16.5 Å². The number of aromatic nitrogens is 1. The molecule has 0 radical (unpaired) electrons. The molecule has 0 atom stereocenters. The van der Waals surface area contributed by atoms with Crippen LogP contribution < -0.4 is 10.5 Å². The van der Waals surface area contributed by atoms with Crippen molar-refractivity contribution in [1.82, 2.24) is 4.98 Å². The molecule has 0 fully saturated rings. The lowest BCUT2D eigenvalue weighted by Gasteiger charge is -2.00. The standard InChI is InChI=1S/C8H12N2OS/c1-11-7-2-3-8(10-6-7)12-5-4-9/h2-3,6H,4-5,9H2,1H3. The van der Waals surface area contributed by atoms with Crippen LogP contribution in [0.3, 0.4) is 0 Å². The van der Waals surface area contributed by atoms with Crippen molar-refractivity contribution in [1.29, 1.82) is 0 Å². The lowest BCUT2D eigenvalue weighted by Crippen LogP contribution is -2.01.